The summed E-state index contributed by atoms with van der Waals surface area (Å²) in [6.07, 6.45) is 2.71. The third-order valence-corrected chi connectivity index (χ3v) is 5.86. The zero-order chi connectivity index (χ0) is 19.1. The molecular weight excluding hydrogens is 350 g/mol. The third-order valence-electron chi connectivity index (χ3n) is 5.86. The van der Waals surface area contributed by atoms with E-state index in [9.17, 15) is 9.59 Å². The van der Waals surface area contributed by atoms with Crippen molar-refractivity contribution in [3.63, 3.8) is 0 Å². The summed E-state index contributed by atoms with van der Waals surface area (Å²) in [4.78, 5) is 27.2. The number of carbonyl (C=O) groups excluding carboxylic acids is 2. The smallest absolute Gasteiger partial charge is 0.254 e. The first-order chi connectivity index (χ1) is 13.7. The van der Waals surface area contributed by atoms with Gasteiger partial charge in [-0.2, -0.15) is 5.10 Å². The van der Waals surface area contributed by atoms with Crippen molar-refractivity contribution in [1.82, 2.24) is 15.1 Å². The highest BCUT2D eigenvalue weighted by Gasteiger charge is 2.28. The number of nitrogens with one attached hydrogen (secondary N) is 1. The molecule has 0 spiro atoms. The first kappa shape index (κ1) is 16.9. The lowest BCUT2D eigenvalue weighted by atomic mass is 10.0. The largest absolute Gasteiger partial charge is 0.338 e. The van der Waals surface area contributed by atoms with E-state index in [1.165, 1.54) is 5.56 Å². The molecule has 0 radical (unpaired) electrons. The van der Waals surface area contributed by atoms with Gasteiger partial charge in [0, 0.05) is 53.9 Å². The van der Waals surface area contributed by atoms with Crippen molar-refractivity contribution in [2.45, 2.75) is 25.7 Å². The molecule has 5 nitrogen and oxygen atoms in total. The molecule has 0 bridgehead atoms. The molecule has 0 fully saturated rings. The molecular formula is C23H21N3O2. The topological polar surface area (TPSA) is 66.1 Å². The Hall–Kier alpha value is -3.21. The van der Waals surface area contributed by atoms with E-state index in [1.54, 1.807) is 0 Å². The third kappa shape index (κ3) is 2.74. The van der Waals surface area contributed by atoms with Crippen LogP contribution in [0.15, 0.2) is 48.5 Å². The maximum Gasteiger partial charge on any atom is 0.254 e. The summed E-state index contributed by atoms with van der Waals surface area (Å²) in [6, 6.07) is 15.7. The van der Waals surface area contributed by atoms with Crippen molar-refractivity contribution < 1.29 is 9.59 Å². The fourth-order valence-corrected chi connectivity index (χ4v) is 4.38. The summed E-state index contributed by atoms with van der Waals surface area (Å²) < 4.78 is 0. The Morgan fingerprint density at radius 2 is 1.71 bits per heavy atom. The van der Waals surface area contributed by atoms with Gasteiger partial charge >= 0.3 is 0 Å². The van der Waals surface area contributed by atoms with Crippen molar-refractivity contribution in [2.75, 3.05) is 13.1 Å². The van der Waals surface area contributed by atoms with E-state index in [2.05, 4.69) is 22.3 Å². The molecule has 0 atom stereocenters. The Morgan fingerprint density at radius 3 is 2.57 bits per heavy atom. The van der Waals surface area contributed by atoms with Gasteiger partial charge in [0.05, 0.1) is 5.69 Å². The van der Waals surface area contributed by atoms with Crippen LogP contribution in [0.2, 0.25) is 0 Å². The number of Topliss-reactive ketones (excluding diaryl/α,β-unsaturated/α-hetero) is 1. The number of nitrogens with zero attached hydrogens (tertiary/aromatic N) is 2. The van der Waals surface area contributed by atoms with E-state index >= 15 is 0 Å². The number of carbonyl (C=O) groups is 2. The Labute approximate surface area is 163 Å². The Balaban J connectivity index is 1.41. The van der Waals surface area contributed by atoms with Crippen LogP contribution in [0.3, 0.4) is 0 Å². The van der Waals surface area contributed by atoms with Crippen molar-refractivity contribution in [3.8, 4) is 11.3 Å². The first-order valence-corrected chi connectivity index (χ1v) is 9.78. The fraction of sp³-hybridized carbons (Fsp3) is 0.261. The number of H-pyrrole nitrogens is 1. The van der Waals surface area contributed by atoms with Gasteiger partial charge in [0.15, 0.2) is 5.78 Å². The van der Waals surface area contributed by atoms with E-state index in [0.29, 0.717) is 31.5 Å². The van der Waals surface area contributed by atoms with E-state index in [4.69, 9.17) is 0 Å². The lowest BCUT2D eigenvalue weighted by molar-refractivity contribution is 0.0761. The molecule has 2 heterocycles. The Kier molecular flexibility index (Phi) is 4.08. The van der Waals surface area contributed by atoms with Gasteiger partial charge in [0.25, 0.3) is 5.91 Å². The predicted octanol–water partition coefficient (Wildman–Crippen LogP) is 3.45. The highest BCUT2D eigenvalue weighted by molar-refractivity contribution is 6.05. The summed E-state index contributed by atoms with van der Waals surface area (Å²) in [5, 5.41) is 7.71. The average molecular weight is 371 g/mol. The van der Waals surface area contributed by atoms with Crippen LogP contribution in [0.25, 0.3) is 11.3 Å². The van der Waals surface area contributed by atoms with Crippen molar-refractivity contribution in [3.05, 3.63) is 76.5 Å². The molecule has 5 rings (SSSR count). The number of rotatable bonds is 2. The molecule has 3 aromatic rings. The van der Waals surface area contributed by atoms with Gasteiger partial charge in [-0.05, 0) is 24.5 Å². The zero-order valence-electron chi connectivity index (χ0n) is 15.6. The fourth-order valence-electron chi connectivity index (χ4n) is 4.38. The first-order valence-electron chi connectivity index (χ1n) is 9.78. The van der Waals surface area contributed by atoms with Gasteiger partial charge < -0.3 is 4.90 Å². The molecule has 1 aliphatic heterocycles. The normalized spacial score (nSPS) is 15.9. The average Bonchev–Trinajstić information content (AvgIpc) is 3.25. The van der Waals surface area contributed by atoms with Gasteiger partial charge in [0.1, 0.15) is 0 Å². The minimum Gasteiger partial charge on any atom is -0.338 e. The molecule has 5 heteroatoms. The standard InChI is InChI=1S/C23H21N3O2/c27-21-10-9-16-17(21)7-4-8-18(16)23(28)26-13-11-19-20(12-14-26)24-25-22(19)15-5-2-1-3-6-15/h1-8H,9-14H2,(H,24,25). The van der Waals surface area contributed by atoms with Crippen LogP contribution in [0.5, 0.6) is 0 Å². The molecule has 1 N–H and O–H groups in total. The quantitative estimate of drug-likeness (QED) is 0.750. The summed E-state index contributed by atoms with van der Waals surface area (Å²) in [7, 11) is 0. The number of aromatic amines is 1. The Morgan fingerprint density at radius 1 is 0.893 bits per heavy atom. The zero-order valence-corrected chi connectivity index (χ0v) is 15.6. The number of benzene rings is 2. The molecule has 140 valence electrons. The maximum atomic E-state index is 13.2. The van der Waals surface area contributed by atoms with E-state index in [-0.39, 0.29) is 11.7 Å². The van der Waals surface area contributed by atoms with Crippen molar-refractivity contribution >= 4 is 11.7 Å². The lowest BCUT2D eigenvalue weighted by Gasteiger charge is -2.21. The van der Waals surface area contributed by atoms with Crippen LogP contribution < -0.4 is 0 Å². The van der Waals surface area contributed by atoms with E-state index in [0.717, 1.165) is 40.9 Å². The number of fused-ring (bicyclic) bond motifs is 2. The molecule has 0 saturated heterocycles. The number of hydrogen-bond donors (Lipinski definition) is 1. The van der Waals surface area contributed by atoms with Crippen LogP contribution in [-0.4, -0.2) is 39.9 Å². The molecule has 0 unspecified atom stereocenters. The minimum absolute atomic E-state index is 0.0333. The minimum atomic E-state index is 0.0333. The van der Waals surface area contributed by atoms with Gasteiger partial charge in [-0.1, -0.05) is 42.5 Å². The number of ketones is 1. The van der Waals surface area contributed by atoms with Gasteiger partial charge in [-0.3, -0.25) is 14.7 Å². The highest BCUT2D eigenvalue weighted by atomic mass is 16.2. The van der Waals surface area contributed by atoms with Gasteiger partial charge in [0.2, 0.25) is 0 Å². The van der Waals surface area contributed by atoms with Crippen molar-refractivity contribution in [2.24, 2.45) is 0 Å². The SMILES string of the molecule is O=C1CCc2c1cccc2C(=O)N1CCc2[nH]nc(-c3ccccc3)c2CC1. The number of amides is 1. The van der Waals surface area contributed by atoms with E-state index in [1.807, 2.05) is 41.3 Å². The second kappa shape index (κ2) is 6.75. The Bertz CT molecular complexity index is 1070. The summed E-state index contributed by atoms with van der Waals surface area (Å²) in [5.41, 5.74) is 6.73. The van der Waals surface area contributed by atoms with Crippen LogP contribution >= 0.6 is 0 Å². The van der Waals surface area contributed by atoms with E-state index < -0.39 is 0 Å². The predicted molar refractivity (Wildman–Crippen MR) is 106 cm³/mol. The molecule has 1 aromatic heterocycles. The van der Waals surface area contributed by atoms with Crippen LogP contribution in [0, 0.1) is 0 Å². The maximum absolute atomic E-state index is 13.2. The summed E-state index contributed by atoms with van der Waals surface area (Å²) >= 11 is 0. The molecule has 2 aliphatic rings. The lowest BCUT2D eigenvalue weighted by Crippen LogP contribution is -2.34. The van der Waals surface area contributed by atoms with Gasteiger partial charge in [-0.25, -0.2) is 0 Å². The highest BCUT2D eigenvalue weighted by Crippen LogP contribution is 2.29. The molecule has 28 heavy (non-hydrogen) atoms. The van der Waals surface area contributed by atoms with Crippen LogP contribution in [0.1, 0.15) is 44.0 Å². The van der Waals surface area contributed by atoms with Crippen LogP contribution in [0.4, 0.5) is 0 Å². The van der Waals surface area contributed by atoms with Gasteiger partial charge in [-0.15, -0.1) is 0 Å². The number of aromatic nitrogens is 2. The summed E-state index contributed by atoms with van der Waals surface area (Å²) in [6.45, 7) is 1.31. The second-order valence-electron chi connectivity index (χ2n) is 7.44. The molecule has 1 amide bonds. The second-order valence-corrected chi connectivity index (χ2v) is 7.44. The summed E-state index contributed by atoms with van der Waals surface area (Å²) in [5.74, 6) is 0.181. The molecule has 2 aromatic carbocycles. The van der Waals surface area contributed by atoms with Crippen molar-refractivity contribution in [1.29, 1.82) is 0 Å². The van der Waals surface area contributed by atoms with Crippen LogP contribution in [-0.2, 0) is 19.3 Å². The monoisotopic (exact) mass is 371 g/mol. The molecule has 0 saturated carbocycles. The number of hydrogen-bond acceptors (Lipinski definition) is 3. The molecule has 1 aliphatic carbocycles.